The van der Waals surface area contributed by atoms with Crippen LogP contribution >= 0.6 is 0 Å². The molecule has 8 rings (SSSR count). The summed E-state index contributed by atoms with van der Waals surface area (Å²) in [5, 5.41) is 19.8. The second kappa shape index (κ2) is 13.2. The second-order valence-electron chi connectivity index (χ2n) is 13.9. The fraction of sp³-hybridized carbons (Fsp3) is 0.390. The molecule has 2 saturated carbocycles. The predicted octanol–water partition coefficient (Wildman–Crippen LogP) is 8.60. The second-order valence-corrected chi connectivity index (χ2v) is 13.9. The zero-order valence-corrected chi connectivity index (χ0v) is 28.0. The van der Waals surface area contributed by atoms with Gasteiger partial charge in [-0.05, 0) is 98.9 Å². The Balaban J connectivity index is 0.000000152. The summed E-state index contributed by atoms with van der Waals surface area (Å²) >= 11 is 0. The number of phenolic OH excluding ortho intramolecular Hbond substituents is 2. The standard InChI is InChI=1S/C21H22O4.C20H22O3/c1-12-3-5-14(6-4-12)21-19-11-16(24-13(2)22)10-17(19)18-9-15(23)7-8-20(18)25-21;1-12-3-5-13(6-4-12)20-18-11-15(22-2)10-16(18)17-9-14(21)7-8-19(17)23-20/h3-9,16-17,19,21,23H,10-11H2,1-2H3;3-9,15-16,18,20-21H,10-11H2,1-2H3/t16-,17-,19-,21-;15-,16-,18-,20-/m00/s1. The first-order chi connectivity index (χ1) is 23.2. The van der Waals surface area contributed by atoms with Crippen LogP contribution in [-0.4, -0.2) is 35.5 Å². The van der Waals surface area contributed by atoms with Crippen LogP contribution < -0.4 is 9.47 Å². The van der Waals surface area contributed by atoms with Crippen LogP contribution in [0.3, 0.4) is 0 Å². The van der Waals surface area contributed by atoms with Crippen molar-refractivity contribution >= 4 is 5.97 Å². The monoisotopic (exact) mass is 648 g/mol. The molecule has 4 aromatic carbocycles. The molecule has 0 saturated heterocycles. The third-order valence-corrected chi connectivity index (χ3v) is 10.7. The van der Waals surface area contributed by atoms with Gasteiger partial charge in [-0.1, -0.05) is 59.7 Å². The summed E-state index contributed by atoms with van der Waals surface area (Å²) < 4.78 is 23.8. The van der Waals surface area contributed by atoms with E-state index < -0.39 is 0 Å². The van der Waals surface area contributed by atoms with Crippen molar-refractivity contribution in [3.8, 4) is 23.0 Å². The highest BCUT2D eigenvalue weighted by atomic mass is 16.5. The third-order valence-electron chi connectivity index (χ3n) is 10.7. The molecule has 0 amide bonds. The third kappa shape index (κ3) is 6.36. The highest BCUT2D eigenvalue weighted by Crippen LogP contribution is 2.56. The number of carbonyl (C=O) groups is 1. The lowest BCUT2D eigenvalue weighted by atomic mass is 9.80. The van der Waals surface area contributed by atoms with Crippen molar-refractivity contribution in [2.24, 2.45) is 11.8 Å². The normalized spacial score (nSPS) is 27.9. The number of ether oxygens (including phenoxy) is 4. The smallest absolute Gasteiger partial charge is 0.302 e. The molecule has 2 fully saturated rings. The van der Waals surface area contributed by atoms with Crippen molar-refractivity contribution in [2.75, 3.05) is 7.11 Å². The van der Waals surface area contributed by atoms with E-state index in [0.29, 0.717) is 17.6 Å². The minimum absolute atomic E-state index is 0.0535. The van der Waals surface area contributed by atoms with Gasteiger partial charge in [-0.15, -0.1) is 0 Å². The Morgan fingerprint density at radius 1 is 0.646 bits per heavy atom. The van der Waals surface area contributed by atoms with Crippen LogP contribution in [0.5, 0.6) is 23.0 Å². The summed E-state index contributed by atoms with van der Waals surface area (Å²) in [5.41, 5.74) is 6.98. The lowest BCUT2D eigenvalue weighted by molar-refractivity contribution is -0.146. The highest BCUT2D eigenvalue weighted by molar-refractivity contribution is 5.66. The lowest BCUT2D eigenvalue weighted by Crippen LogP contribution is -2.26. The van der Waals surface area contributed by atoms with Gasteiger partial charge in [0.25, 0.3) is 0 Å². The molecule has 8 atom stereocenters. The summed E-state index contributed by atoms with van der Waals surface area (Å²) in [6.07, 6.45) is 3.68. The quantitative estimate of drug-likeness (QED) is 0.214. The van der Waals surface area contributed by atoms with E-state index in [-0.39, 0.29) is 48.0 Å². The highest BCUT2D eigenvalue weighted by Gasteiger charge is 2.47. The van der Waals surface area contributed by atoms with Gasteiger partial charge in [0.1, 0.15) is 41.3 Å². The van der Waals surface area contributed by atoms with E-state index in [1.807, 2.05) is 18.2 Å². The van der Waals surface area contributed by atoms with Crippen LogP contribution in [0.1, 0.15) is 90.0 Å². The number of aromatic hydroxyl groups is 2. The number of aryl methyl sites for hydroxylation is 2. The number of rotatable bonds is 4. The molecular formula is C41H44O7. The molecule has 7 heteroatoms. The van der Waals surface area contributed by atoms with E-state index in [2.05, 4.69) is 62.4 Å². The van der Waals surface area contributed by atoms with E-state index in [9.17, 15) is 15.0 Å². The van der Waals surface area contributed by atoms with Crippen molar-refractivity contribution in [1.82, 2.24) is 0 Å². The van der Waals surface area contributed by atoms with Gasteiger partial charge in [-0.25, -0.2) is 0 Å². The van der Waals surface area contributed by atoms with Crippen LogP contribution in [0.2, 0.25) is 0 Å². The molecule has 2 aliphatic carbocycles. The number of carbonyl (C=O) groups excluding carboxylic acids is 1. The average molecular weight is 649 g/mol. The maximum absolute atomic E-state index is 11.4. The van der Waals surface area contributed by atoms with Gasteiger partial charge in [0, 0.05) is 37.0 Å². The Labute approximate surface area is 282 Å². The van der Waals surface area contributed by atoms with Gasteiger partial charge < -0.3 is 29.2 Å². The first kappa shape index (κ1) is 32.1. The Bertz CT molecular complexity index is 1770. The van der Waals surface area contributed by atoms with Crippen LogP contribution in [-0.2, 0) is 14.3 Å². The van der Waals surface area contributed by atoms with Crippen molar-refractivity contribution < 1.29 is 34.0 Å². The zero-order valence-electron chi connectivity index (χ0n) is 28.0. The summed E-state index contributed by atoms with van der Waals surface area (Å²) in [7, 11) is 1.78. The Morgan fingerprint density at radius 2 is 1.08 bits per heavy atom. The van der Waals surface area contributed by atoms with Crippen molar-refractivity contribution in [3.63, 3.8) is 0 Å². The SMILES string of the molecule is CC(=O)O[C@@H]1C[C@H]2[C@@H](C1)c1cc(O)ccc1O[C@H]2c1ccc(C)cc1.CO[C@@H]1C[C@H]2[C@@H](C1)c1cc(O)ccc1O[C@H]2c1ccc(C)cc1. The van der Waals surface area contributed by atoms with Crippen LogP contribution in [0.15, 0.2) is 84.9 Å². The first-order valence-electron chi connectivity index (χ1n) is 17.0. The summed E-state index contributed by atoms with van der Waals surface area (Å²) in [4.78, 5) is 11.4. The number of fused-ring (bicyclic) bond motifs is 6. The predicted molar refractivity (Wildman–Crippen MR) is 183 cm³/mol. The molecule has 0 aromatic heterocycles. The summed E-state index contributed by atoms with van der Waals surface area (Å²) in [6, 6.07) is 27.8. The first-order valence-corrected chi connectivity index (χ1v) is 17.0. The maximum atomic E-state index is 11.4. The Kier molecular flexibility index (Phi) is 8.82. The number of phenols is 2. The van der Waals surface area contributed by atoms with Gasteiger partial charge in [0.15, 0.2) is 0 Å². The number of hydrogen-bond acceptors (Lipinski definition) is 7. The van der Waals surface area contributed by atoms with Crippen LogP contribution in [0, 0.1) is 25.7 Å². The lowest BCUT2D eigenvalue weighted by Gasteiger charge is -2.36. The van der Waals surface area contributed by atoms with Gasteiger partial charge >= 0.3 is 5.97 Å². The Hall–Kier alpha value is -4.49. The van der Waals surface area contributed by atoms with Gasteiger partial charge in [-0.2, -0.15) is 0 Å². The van der Waals surface area contributed by atoms with E-state index in [1.165, 1.54) is 23.6 Å². The molecule has 2 N–H and O–H groups in total. The van der Waals surface area contributed by atoms with Crippen molar-refractivity contribution in [2.45, 2.75) is 82.7 Å². The van der Waals surface area contributed by atoms with E-state index in [0.717, 1.165) is 53.9 Å². The van der Waals surface area contributed by atoms with Gasteiger partial charge in [0.2, 0.25) is 0 Å². The molecule has 2 heterocycles. The van der Waals surface area contributed by atoms with Crippen LogP contribution in [0.25, 0.3) is 0 Å². The number of methoxy groups -OCH3 is 1. The van der Waals surface area contributed by atoms with E-state index >= 15 is 0 Å². The van der Waals surface area contributed by atoms with E-state index in [4.69, 9.17) is 18.9 Å². The summed E-state index contributed by atoms with van der Waals surface area (Å²) in [5.74, 6) is 3.21. The van der Waals surface area contributed by atoms with Gasteiger partial charge in [0.05, 0.1) is 6.10 Å². The summed E-state index contributed by atoms with van der Waals surface area (Å²) in [6.45, 7) is 5.62. The van der Waals surface area contributed by atoms with Crippen LogP contribution in [0.4, 0.5) is 0 Å². The number of benzene rings is 4. The molecule has 7 nitrogen and oxygen atoms in total. The molecule has 4 aliphatic rings. The van der Waals surface area contributed by atoms with E-state index in [1.54, 1.807) is 25.3 Å². The molecule has 48 heavy (non-hydrogen) atoms. The minimum Gasteiger partial charge on any atom is -0.508 e. The fourth-order valence-corrected chi connectivity index (χ4v) is 8.41. The largest absolute Gasteiger partial charge is 0.508 e. The topological polar surface area (TPSA) is 94.5 Å². The van der Waals surface area contributed by atoms with Crippen molar-refractivity contribution in [3.05, 3.63) is 118 Å². The molecule has 0 unspecified atom stereocenters. The fourth-order valence-electron chi connectivity index (χ4n) is 8.41. The van der Waals surface area contributed by atoms with Gasteiger partial charge in [-0.3, -0.25) is 4.79 Å². The molecule has 0 bridgehead atoms. The average Bonchev–Trinajstić information content (AvgIpc) is 3.70. The molecule has 0 radical (unpaired) electrons. The zero-order chi connectivity index (χ0) is 33.5. The minimum atomic E-state index is -0.243. The molecule has 0 spiro atoms. The maximum Gasteiger partial charge on any atom is 0.302 e. The number of esters is 1. The van der Waals surface area contributed by atoms with Crippen molar-refractivity contribution in [1.29, 1.82) is 0 Å². The molecule has 250 valence electrons. The Morgan fingerprint density at radius 3 is 1.52 bits per heavy atom. The molecule has 2 aliphatic heterocycles. The number of hydrogen-bond donors (Lipinski definition) is 2. The molecule has 4 aromatic rings. The molecular weight excluding hydrogens is 604 g/mol.